The Hall–Kier alpha value is -1.92. The summed E-state index contributed by atoms with van der Waals surface area (Å²) in [6.07, 6.45) is 0.535. The highest BCUT2D eigenvalue weighted by molar-refractivity contribution is 5.78. The fraction of sp³-hybridized carbons (Fsp3) is 0.231. The molecule has 1 N–H and O–H groups in total. The highest BCUT2D eigenvalue weighted by Crippen LogP contribution is 2.11. The van der Waals surface area contributed by atoms with Crippen molar-refractivity contribution in [2.75, 3.05) is 6.54 Å². The Morgan fingerprint density at radius 3 is 2.94 bits per heavy atom. The van der Waals surface area contributed by atoms with Gasteiger partial charge < -0.3 is 5.32 Å². The normalized spacial score (nSPS) is 10.2. The number of hydrogen-bond acceptors (Lipinski definition) is 3. The quantitative estimate of drug-likeness (QED) is 0.789. The minimum atomic E-state index is 0.535. The van der Waals surface area contributed by atoms with E-state index in [4.69, 9.17) is 5.26 Å². The van der Waals surface area contributed by atoms with Crippen molar-refractivity contribution in [1.82, 2.24) is 10.3 Å². The Balaban J connectivity index is 2.05. The zero-order valence-corrected chi connectivity index (χ0v) is 8.98. The van der Waals surface area contributed by atoms with Crippen LogP contribution in [-0.4, -0.2) is 11.5 Å². The molecule has 0 atom stereocenters. The first kappa shape index (κ1) is 10.6. The fourth-order valence-corrected chi connectivity index (χ4v) is 1.57. The first-order valence-corrected chi connectivity index (χ1v) is 5.32. The number of nitrogens with zero attached hydrogens (tertiary/aromatic N) is 2. The number of para-hydroxylation sites is 1. The maximum absolute atomic E-state index is 8.40. The van der Waals surface area contributed by atoms with Crippen molar-refractivity contribution >= 4 is 10.9 Å². The maximum Gasteiger partial charge on any atom is 0.0705 e. The maximum atomic E-state index is 8.40. The zero-order valence-electron chi connectivity index (χ0n) is 8.98. The van der Waals surface area contributed by atoms with Crippen molar-refractivity contribution in [3.05, 3.63) is 42.1 Å². The summed E-state index contributed by atoms with van der Waals surface area (Å²) < 4.78 is 0. The van der Waals surface area contributed by atoms with Gasteiger partial charge in [0.05, 0.1) is 17.3 Å². The van der Waals surface area contributed by atoms with E-state index in [1.807, 2.05) is 24.3 Å². The molecule has 0 radical (unpaired) electrons. The summed E-state index contributed by atoms with van der Waals surface area (Å²) in [6, 6.07) is 14.2. The molecule has 0 aliphatic heterocycles. The molecule has 0 aliphatic carbocycles. The van der Waals surface area contributed by atoms with Gasteiger partial charge in [-0.3, -0.25) is 4.98 Å². The Morgan fingerprint density at radius 1 is 1.19 bits per heavy atom. The number of benzene rings is 1. The van der Waals surface area contributed by atoms with E-state index in [1.165, 1.54) is 0 Å². The van der Waals surface area contributed by atoms with Crippen LogP contribution in [0.4, 0.5) is 0 Å². The second kappa shape index (κ2) is 5.24. The summed E-state index contributed by atoms with van der Waals surface area (Å²) in [5.74, 6) is 0. The van der Waals surface area contributed by atoms with Gasteiger partial charge in [0.25, 0.3) is 0 Å². The van der Waals surface area contributed by atoms with Crippen LogP contribution < -0.4 is 5.32 Å². The average molecular weight is 211 g/mol. The van der Waals surface area contributed by atoms with E-state index in [1.54, 1.807) is 0 Å². The smallest absolute Gasteiger partial charge is 0.0705 e. The van der Waals surface area contributed by atoms with E-state index in [2.05, 4.69) is 28.5 Å². The van der Waals surface area contributed by atoms with Crippen molar-refractivity contribution in [2.45, 2.75) is 13.0 Å². The van der Waals surface area contributed by atoms with Gasteiger partial charge in [-0.05, 0) is 12.1 Å². The first-order valence-electron chi connectivity index (χ1n) is 5.32. The molecule has 2 rings (SSSR count). The predicted molar refractivity (Wildman–Crippen MR) is 63.7 cm³/mol. The van der Waals surface area contributed by atoms with E-state index >= 15 is 0 Å². The molecule has 0 saturated carbocycles. The van der Waals surface area contributed by atoms with E-state index < -0.39 is 0 Å². The van der Waals surface area contributed by atoms with Crippen LogP contribution in [0.15, 0.2) is 36.4 Å². The van der Waals surface area contributed by atoms with Crippen molar-refractivity contribution in [2.24, 2.45) is 0 Å². The molecule has 0 unspecified atom stereocenters. The highest BCUT2D eigenvalue weighted by Gasteiger charge is 1.97. The molecule has 0 amide bonds. The fourth-order valence-electron chi connectivity index (χ4n) is 1.57. The monoisotopic (exact) mass is 211 g/mol. The second-order valence-electron chi connectivity index (χ2n) is 3.58. The summed E-state index contributed by atoms with van der Waals surface area (Å²) in [4.78, 5) is 4.53. The van der Waals surface area contributed by atoms with Gasteiger partial charge in [0, 0.05) is 24.9 Å². The lowest BCUT2D eigenvalue weighted by Gasteiger charge is -2.03. The number of rotatable bonds is 4. The van der Waals surface area contributed by atoms with Crippen LogP contribution in [0.1, 0.15) is 12.1 Å². The third-order valence-electron chi connectivity index (χ3n) is 2.38. The molecule has 0 aliphatic rings. The summed E-state index contributed by atoms with van der Waals surface area (Å²) in [7, 11) is 0. The van der Waals surface area contributed by atoms with Crippen LogP contribution in [0, 0.1) is 11.3 Å². The molecule has 80 valence electrons. The zero-order chi connectivity index (χ0) is 11.2. The Labute approximate surface area is 94.7 Å². The first-order chi connectivity index (χ1) is 7.90. The highest BCUT2D eigenvalue weighted by atomic mass is 14.9. The molecular weight excluding hydrogens is 198 g/mol. The number of aromatic nitrogens is 1. The second-order valence-corrected chi connectivity index (χ2v) is 3.58. The van der Waals surface area contributed by atoms with Crippen LogP contribution in [-0.2, 0) is 6.54 Å². The summed E-state index contributed by atoms with van der Waals surface area (Å²) in [5.41, 5.74) is 2.03. The third-order valence-corrected chi connectivity index (χ3v) is 2.38. The average Bonchev–Trinajstić information content (AvgIpc) is 2.34. The van der Waals surface area contributed by atoms with Gasteiger partial charge in [-0.2, -0.15) is 5.26 Å². The van der Waals surface area contributed by atoms with Crippen LogP contribution in [0.25, 0.3) is 10.9 Å². The summed E-state index contributed by atoms with van der Waals surface area (Å²) in [6.45, 7) is 1.43. The molecule has 0 saturated heterocycles. The van der Waals surface area contributed by atoms with Gasteiger partial charge in [0.2, 0.25) is 0 Å². The molecule has 0 fully saturated rings. The Morgan fingerprint density at radius 2 is 2.06 bits per heavy atom. The molecule has 0 bridgehead atoms. The Bertz CT molecular complexity index is 514. The lowest BCUT2D eigenvalue weighted by molar-refractivity contribution is 0.687. The topological polar surface area (TPSA) is 48.7 Å². The predicted octanol–water partition coefficient (Wildman–Crippen LogP) is 2.24. The van der Waals surface area contributed by atoms with E-state index in [0.717, 1.165) is 16.6 Å². The molecule has 1 aromatic carbocycles. The van der Waals surface area contributed by atoms with Crippen LogP contribution in [0.3, 0.4) is 0 Å². The van der Waals surface area contributed by atoms with Gasteiger partial charge in [0.15, 0.2) is 0 Å². The van der Waals surface area contributed by atoms with Gasteiger partial charge in [0.1, 0.15) is 0 Å². The lowest BCUT2D eigenvalue weighted by atomic mass is 10.2. The van der Waals surface area contributed by atoms with Crippen molar-refractivity contribution in [3.63, 3.8) is 0 Å². The molecule has 16 heavy (non-hydrogen) atoms. The Kier molecular flexibility index (Phi) is 3.47. The molecule has 0 spiro atoms. The molecule has 3 nitrogen and oxygen atoms in total. The molecule has 1 heterocycles. The number of nitrogens with one attached hydrogen (secondary N) is 1. The van der Waals surface area contributed by atoms with E-state index in [9.17, 15) is 0 Å². The third kappa shape index (κ3) is 2.56. The van der Waals surface area contributed by atoms with Gasteiger partial charge in [-0.1, -0.05) is 24.3 Å². The summed E-state index contributed by atoms with van der Waals surface area (Å²) >= 11 is 0. The van der Waals surface area contributed by atoms with Crippen LogP contribution in [0.2, 0.25) is 0 Å². The minimum Gasteiger partial charge on any atom is -0.310 e. The molecule has 2 aromatic rings. The lowest BCUT2D eigenvalue weighted by Crippen LogP contribution is -2.14. The minimum absolute atomic E-state index is 0.535. The summed E-state index contributed by atoms with van der Waals surface area (Å²) in [5, 5.41) is 12.7. The van der Waals surface area contributed by atoms with Crippen LogP contribution in [0.5, 0.6) is 0 Å². The number of pyridine rings is 1. The van der Waals surface area contributed by atoms with Gasteiger partial charge in [-0.25, -0.2) is 0 Å². The van der Waals surface area contributed by atoms with Crippen LogP contribution >= 0.6 is 0 Å². The molecule has 1 aromatic heterocycles. The molecule has 3 heteroatoms. The standard InChI is InChI=1S/C13H13N3/c14-8-3-9-15-10-12-7-6-11-4-1-2-5-13(11)16-12/h1-2,4-7,15H,3,9-10H2. The largest absolute Gasteiger partial charge is 0.310 e. The molecular formula is C13H13N3. The van der Waals surface area contributed by atoms with Crippen molar-refractivity contribution in [1.29, 1.82) is 5.26 Å². The van der Waals surface area contributed by atoms with E-state index in [-0.39, 0.29) is 0 Å². The number of nitriles is 1. The number of fused-ring (bicyclic) bond motifs is 1. The van der Waals surface area contributed by atoms with Crippen molar-refractivity contribution < 1.29 is 0 Å². The van der Waals surface area contributed by atoms with Gasteiger partial charge >= 0.3 is 0 Å². The van der Waals surface area contributed by atoms with Gasteiger partial charge in [-0.15, -0.1) is 0 Å². The SMILES string of the molecule is N#CCCNCc1ccc2ccccc2n1. The van der Waals surface area contributed by atoms with Crippen molar-refractivity contribution in [3.8, 4) is 6.07 Å². The van der Waals surface area contributed by atoms with E-state index in [0.29, 0.717) is 19.5 Å². The number of hydrogen-bond donors (Lipinski definition) is 1.